The lowest BCUT2D eigenvalue weighted by atomic mass is 9.97. The Labute approximate surface area is 166 Å². The molecule has 0 unspecified atom stereocenters. The third kappa shape index (κ3) is 6.12. The zero-order valence-electron chi connectivity index (χ0n) is 14.1. The van der Waals surface area contributed by atoms with Gasteiger partial charge in [-0.25, -0.2) is 9.47 Å². The highest BCUT2D eigenvalue weighted by Crippen LogP contribution is 2.53. The van der Waals surface area contributed by atoms with Crippen LogP contribution in [0.25, 0.3) is 0 Å². The van der Waals surface area contributed by atoms with E-state index in [0.29, 0.717) is 0 Å². The van der Waals surface area contributed by atoms with Crippen molar-refractivity contribution in [3.63, 3.8) is 0 Å². The summed E-state index contributed by atoms with van der Waals surface area (Å²) < 4.78 is 228. The lowest BCUT2D eigenvalue weighted by Gasteiger charge is -2.33. The number of halogens is 18. The van der Waals surface area contributed by atoms with Gasteiger partial charge in [0.05, 0.1) is 6.42 Å². The molecule has 0 radical (unpaired) electrons. The number of alkyl halides is 18. The normalized spacial score (nSPS) is 15.6. The second kappa shape index (κ2) is 8.34. The van der Waals surface area contributed by atoms with E-state index < -0.39 is 66.6 Å². The molecule has 4 nitrogen and oxygen atoms in total. The largest absolute Gasteiger partial charge is 0.527 e. The van der Waals surface area contributed by atoms with Crippen molar-refractivity contribution in [2.45, 2.75) is 55.1 Å². The molecule has 0 rings (SSSR count). The summed E-state index contributed by atoms with van der Waals surface area (Å²) in [6.45, 7) is 0. The molecule has 0 saturated carbocycles. The van der Waals surface area contributed by atoms with Gasteiger partial charge in [-0.3, -0.25) is 9.59 Å². The van der Waals surface area contributed by atoms with Crippen molar-refractivity contribution >= 4 is 11.6 Å². The summed E-state index contributed by atoms with van der Waals surface area (Å²) in [4.78, 5) is 21.7. The molecule has 0 aliphatic carbocycles. The van der Waals surface area contributed by atoms with Crippen LogP contribution in [0.15, 0.2) is 0 Å². The number of hydrogen-bond donors (Lipinski definition) is 0. The van der Waals surface area contributed by atoms with E-state index >= 15 is 0 Å². The van der Waals surface area contributed by atoms with Crippen LogP contribution in [0.3, 0.4) is 0 Å². The van der Waals surface area contributed by atoms with Crippen LogP contribution in [0.2, 0.25) is 0 Å². The molecule has 0 bridgehead atoms. The van der Waals surface area contributed by atoms with E-state index in [2.05, 4.69) is 0 Å². The predicted molar refractivity (Wildman–Crippen MR) is 58.6 cm³/mol. The van der Waals surface area contributed by atoms with Gasteiger partial charge in [-0.1, -0.05) is 0 Å². The van der Waals surface area contributed by atoms with Crippen molar-refractivity contribution in [3.8, 4) is 0 Å². The first-order chi connectivity index (χ1) is 14.0. The molecule has 0 aliphatic heterocycles. The molecule has 0 aliphatic rings. The van der Waals surface area contributed by atoms with Gasteiger partial charge in [0.1, 0.15) is 0 Å². The first kappa shape index (κ1) is 31.0. The Kier molecular flexibility index (Phi) is 7.84. The van der Waals surface area contributed by atoms with E-state index in [1.165, 1.54) is 4.74 Å². The average molecular weight is 540 g/mol. The van der Waals surface area contributed by atoms with E-state index in [0.717, 1.165) is 0 Å². The third-order valence-electron chi connectivity index (χ3n) is 2.98. The Morgan fingerprint density at radius 2 is 0.879 bits per heavy atom. The standard InChI is InChI=1S/C11H2F18O4/c12-4(13,6(16,17)7(18,19)8(20,21)22)2(30)1-3(31)5(14,15)32-9(23,24)10(25,26)33-11(27,28)29/h1H2. The Balaban J connectivity index is 5.82. The molecular weight excluding hydrogens is 538 g/mol. The van der Waals surface area contributed by atoms with Crippen molar-refractivity contribution < 1.29 is 98.1 Å². The molecule has 196 valence electrons. The molecule has 0 saturated heterocycles. The summed E-state index contributed by atoms with van der Waals surface area (Å²) >= 11 is 0. The zero-order chi connectivity index (χ0) is 27.3. The maximum absolute atomic E-state index is 13.2. The molecule has 0 spiro atoms. The number of Topliss-reactive ketones (excluding diaryl/α,β-unsaturated/α-hetero) is 2. The topological polar surface area (TPSA) is 52.6 Å². The van der Waals surface area contributed by atoms with Gasteiger partial charge in [0.15, 0.2) is 0 Å². The van der Waals surface area contributed by atoms with Crippen LogP contribution < -0.4 is 0 Å². The fraction of sp³-hybridized carbons (Fsp3) is 0.818. The fourth-order valence-electron chi connectivity index (χ4n) is 1.39. The van der Waals surface area contributed by atoms with Crippen LogP contribution in [0.5, 0.6) is 0 Å². The van der Waals surface area contributed by atoms with Crippen LogP contribution in [0.1, 0.15) is 6.42 Å². The van der Waals surface area contributed by atoms with E-state index in [4.69, 9.17) is 0 Å². The monoisotopic (exact) mass is 540 g/mol. The molecular formula is C11H2F18O4. The van der Waals surface area contributed by atoms with Crippen molar-refractivity contribution in [1.82, 2.24) is 0 Å². The zero-order valence-corrected chi connectivity index (χ0v) is 14.1. The number of ether oxygens (including phenoxy) is 2. The van der Waals surface area contributed by atoms with Gasteiger partial charge in [0, 0.05) is 0 Å². The van der Waals surface area contributed by atoms with Crippen molar-refractivity contribution in [1.29, 1.82) is 0 Å². The second-order valence-corrected chi connectivity index (χ2v) is 5.44. The molecule has 0 aromatic heterocycles. The lowest BCUT2D eigenvalue weighted by molar-refractivity contribution is -0.523. The van der Waals surface area contributed by atoms with Crippen molar-refractivity contribution in [3.05, 3.63) is 0 Å². The van der Waals surface area contributed by atoms with Crippen LogP contribution in [-0.4, -0.2) is 60.2 Å². The number of carbonyl (C=O) groups excluding carboxylic acids is 2. The van der Waals surface area contributed by atoms with Gasteiger partial charge in [-0.05, 0) is 0 Å². The number of ketones is 2. The molecule has 33 heavy (non-hydrogen) atoms. The molecule has 0 aromatic rings. The molecule has 0 fully saturated rings. The second-order valence-electron chi connectivity index (χ2n) is 5.44. The van der Waals surface area contributed by atoms with Crippen LogP contribution in [0, 0.1) is 0 Å². The molecule has 0 atom stereocenters. The molecule has 22 heteroatoms. The van der Waals surface area contributed by atoms with Crippen molar-refractivity contribution in [2.75, 3.05) is 0 Å². The highest BCUT2D eigenvalue weighted by molar-refractivity contribution is 6.05. The SMILES string of the molecule is O=C(CC(=O)C(F)(F)C(F)(F)C(F)(F)C(F)(F)F)C(F)(F)OC(F)(F)C(F)(F)OC(F)(F)F. The average Bonchev–Trinajstić information content (AvgIpc) is 2.49. The number of hydrogen-bond acceptors (Lipinski definition) is 4. The van der Waals surface area contributed by atoms with Gasteiger partial charge in [0.25, 0.3) is 0 Å². The van der Waals surface area contributed by atoms with E-state index in [1.807, 2.05) is 0 Å². The Morgan fingerprint density at radius 3 is 1.21 bits per heavy atom. The van der Waals surface area contributed by atoms with Crippen LogP contribution in [-0.2, 0) is 19.1 Å². The first-order valence-electron chi connectivity index (χ1n) is 6.83. The fourth-order valence-corrected chi connectivity index (χ4v) is 1.39. The van der Waals surface area contributed by atoms with Crippen LogP contribution >= 0.6 is 0 Å². The van der Waals surface area contributed by atoms with Crippen LogP contribution in [0.4, 0.5) is 79.0 Å². The molecule has 0 N–H and O–H groups in total. The molecule has 0 aromatic carbocycles. The Hall–Kier alpha value is -2.00. The molecule has 0 heterocycles. The van der Waals surface area contributed by atoms with E-state index in [-0.39, 0.29) is 0 Å². The lowest BCUT2D eigenvalue weighted by Crippen LogP contribution is -2.63. The van der Waals surface area contributed by atoms with Gasteiger partial charge in [-0.15, -0.1) is 13.2 Å². The van der Waals surface area contributed by atoms with E-state index in [9.17, 15) is 88.6 Å². The van der Waals surface area contributed by atoms with Gasteiger partial charge in [0.2, 0.25) is 11.6 Å². The summed E-state index contributed by atoms with van der Waals surface area (Å²) in [5, 5.41) is 0. The summed E-state index contributed by atoms with van der Waals surface area (Å²) in [6, 6.07) is 0. The maximum atomic E-state index is 13.2. The van der Waals surface area contributed by atoms with Gasteiger partial charge in [-0.2, -0.15) is 65.9 Å². The highest BCUT2D eigenvalue weighted by atomic mass is 19.4. The smallest absolute Gasteiger partial charge is 0.292 e. The van der Waals surface area contributed by atoms with Crippen molar-refractivity contribution in [2.24, 2.45) is 0 Å². The summed E-state index contributed by atoms with van der Waals surface area (Å²) in [6.07, 6.45) is -38.8. The Bertz CT molecular complexity index is 747. The predicted octanol–water partition coefficient (Wildman–Crippen LogP) is 5.31. The first-order valence-corrected chi connectivity index (χ1v) is 6.83. The number of rotatable bonds is 10. The minimum atomic E-state index is -7.77. The third-order valence-corrected chi connectivity index (χ3v) is 2.98. The highest BCUT2D eigenvalue weighted by Gasteiger charge is 2.83. The molecule has 0 amide bonds. The Morgan fingerprint density at radius 1 is 0.515 bits per heavy atom. The maximum Gasteiger partial charge on any atom is 0.527 e. The minimum absolute atomic E-state index is 1.44. The summed E-state index contributed by atoms with van der Waals surface area (Å²) in [5.74, 6) is -31.0. The summed E-state index contributed by atoms with van der Waals surface area (Å²) in [5.41, 5.74) is 0. The van der Waals surface area contributed by atoms with Gasteiger partial charge < -0.3 is 0 Å². The van der Waals surface area contributed by atoms with Gasteiger partial charge >= 0.3 is 48.6 Å². The minimum Gasteiger partial charge on any atom is -0.292 e. The number of carbonyl (C=O) groups is 2. The van der Waals surface area contributed by atoms with E-state index in [1.54, 1.807) is 4.74 Å². The summed E-state index contributed by atoms with van der Waals surface area (Å²) in [7, 11) is 0. The quantitative estimate of drug-likeness (QED) is 0.279.